The molecule has 0 aromatic carbocycles. The van der Waals surface area contributed by atoms with E-state index in [1.807, 2.05) is 0 Å². The molecule has 3 heteroatoms. The summed E-state index contributed by atoms with van der Waals surface area (Å²) in [6, 6.07) is 0.489. The SMILES string of the molecule is CCC1CCNC(C2(O)CCC(N)C2)C1. The van der Waals surface area contributed by atoms with Crippen LogP contribution in [0.25, 0.3) is 0 Å². The minimum Gasteiger partial charge on any atom is -0.388 e. The van der Waals surface area contributed by atoms with Crippen LogP contribution in [0.4, 0.5) is 0 Å². The highest BCUT2D eigenvalue weighted by molar-refractivity contribution is 5.01. The van der Waals surface area contributed by atoms with Gasteiger partial charge >= 0.3 is 0 Å². The summed E-state index contributed by atoms with van der Waals surface area (Å²) < 4.78 is 0. The zero-order valence-electron chi connectivity index (χ0n) is 9.71. The van der Waals surface area contributed by atoms with E-state index in [9.17, 15) is 5.11 Å². The van der Waals surface area contributed by atoms with Crippen molar-refractivity contribution >= 4 is 0 Å². The topological polar surface area (TPSA) is 58.3 Å². The van der Waals surface area contributed by atoms with Crippen LogP contribution in [0, 0.1) is 5.92 Å². The molecule has 0 radical (unpaired) electrons. The number of hydrogen-bond donors (Lipinski definition) is 3. The van der Waals surface area contributed by atoms with Crippen LogP contribution in [-0.2, 0) is 0 Å². The Hall–Kier alpha value is -0.120. The van der Waals surface area contributed by atoms with Crippen molar-refractivity contribution < 1.29 is 5.11 Å². The standard InChI is InChI=1S/C12H24N2O/c1-2-9-4-6-14-11(7-9)12(15)5-3-10(13)8-12/h9-11,14-15H,2-8,13H2,1H3. The molecule has 4 unspecified atom stereocenters. The number of nitrogens with two attached hydrogens (primary N) is 1. The van der Waals surface area contributed by atoms with Gasteiger partial charge in [0.15, 0.2) is 0 Å². The quantitative estimate of drug-likeness (QED) is 0.640. The fourth-order valence-corrected chi connectivity index (χ4v) is 3.19. The highest BCUT2D eigenvalue weighted by Crippen LogP contribution is 2.36. The van der Waals surface area contributed by atoms with Crippen LogP contribution >= 0.6 is 0 Å². The van der Waals surface area contributed by atoms with E-state index < -0.39 is 5.60 Å². The number of rotatable bonds is 2. The second-order valence-electron chi connectivity index (χ2n) is 5.41. The summed E-state index contributed by atoms with van der Waals surface area (Å²) in [6.45, 7) is 3.30. The minimum atomic E-state index is -0.521. The molecule has 2 fully saturated rings. The van der Waals surface area contributed by atoms with Gasteiger partial charge in [-0.05, 0) is 44.6 Å². The molecule has 1 saturated heterocycles. The predicted molar refractivity (Wildman–Crippen MR) is 61.6 cm³/mol. The summed E-state index contributed by atoms with van der Waals surface area (Å²) in [5.74, 6) is 0.789. The molecule has 0 bridgehead atoms. The van der Waals surface area contributed by atoms with E-state index in [1.165, 1.54) is 12.8 Å². The normalized spacial score (nSPS) is 47.0. The first-order valence-corrected chi connectivity index (χ1v) is 6.35. The van der Waals surface area contributed by atoms with E-state index in [0.717, 1.165) is 38.1 Å². The van der Waals surface area contributed by atoms with Gasteiger partial charge < -0.3 is 16.2 Å². The van der Waals surface area contributed by atoms with Crippen LogP contribution in [0.2, 0.25) is 0 Å². The fraction of sp³-hybridized carbons (Fsp3) is 1.00. The molecule has 1 saturated carbocycles. The maximum atomic E-state index is 10.6. The van der Waals surface area contributed by atoms with Crippen LogP contribution < -0.4 is 11.1 Å². The largest absolute Gasteiger partial charge is 0.388 e. The van der Waals surface area contributed by atoms with Crippen LogP contribution in [0.5, 0.6) is 0 Å². The molecular weight excluding hydrogens is 188 g/mol. The Balaban J connectivity index is 1.97. The second kappa shape index (κ2) is 4.40. The lowest BCUT2D eigenvalue weighted by atomic mass is 9.81. The highest BCUT2D eigenvalue weighted by Gasteiger charge is 2.43. The molecular formula is C12H24N2O. The Morgan fingerprint density at radius 2 is 2.27 bits per heavy atom. The molecule has 0 aromatic rings. The van der Waals surface area contributed by atoms with Crippen molar-refractivity contribution in [2.75, 3.05) is 6.54 Å². The van der Waals surface area contributed by atoms with Crippen molar-refractivity contribution in [1.82, 2.24) is 5.32 Å². The minimum absolute atomic E-state index is 0.207. The smallest absolute Gasteiger partial charge is 0.0815 e. The molecule has 1 aliphatic heterocycles. The lowest BCUT2D eigenvalue weighted by Crippen LogP contribution is -2.53. The lowest BCUT2D eigenvalue weighted by molar-refractivity contribution is -0.00991. The number of piperidine rings is 1. The zero-order valence-corrected chi connectivity index (χ0v) is 9.71. The summed E-state index contributed by atoms with van der Waals surface area (Å²) in [5, 5.41) is 14.0. The molecule has 2 rings (SSSR count). The van der Waals surface area contributed by atoms with Crippen molar-refractivity contribution in [3.63, 3.8) is 0 Å². The van der Waals surface area contributed by atoms with Gasteiger partial charge in [0, 0.05) is 12.1 Å². The van der Waals surface area contributed by atoms with Gasteiger partial charge in [-0.3, -0.25) is 0 Å². The third kappa shape index (κ3) is 2.35. The van der Waals surface area contributed by atoms with Gasteiger partial charge in [0.05, 0.1) is 5.60 Å². The second-order valence-corrected chi connectivity index (χ2v) is 5.41. The Labute approximate surface area is 92.4 Å². The first-order valence-electron chi connectivity index (χ1n) is 6.35. The van der Waals surface area contributed by atoms with Gasteiger partial charge in [0.2, 0.25) is 0 Å². The summed E-state index contributed by atoms with van der Waals surface area (Å²) in [5.41, 5.74) is 5.38. The summed E-state index contributed by atoms with van der Waals surface area (Å²) >= 11 is 0. The number of aliphatic hydroxyl groups is 1. The van der Waals surface area contributed by atoms with Gasteiger partial charge in [0.25, 0.3) is 0 Å². The van der Waals surface area contributed by atoms with Crippen molar-refractivity contribution in [2.24, 2.45) is 11.7 Å². The molecule has 0 amide bonds. The maximum absolute atomic E-state index is 10.6. The first kappa shape index (κ1) is 11.4. The zero-order chi connectivity index (χ0) is 10.9. The molecule has 0 aromatic heterocycles. The summed E-state index contributed by atoms with van der Waals surface area (Å²) in [6.07, 6.45) is 6.25. The van der Waals surface area contributed by atoms with E-state index >= 15 is 0 Å². The van der Waals surface area contributed by atoms with E-state index in [0.29, 0.717) is 0 Å². The van der Waals surface area contributed by atoms with Crippen molar-refractivity contribution in [3.05, 3.63) is 0 Å². The van der Waals surface area contributed by atoms with Gasteiger partial charge in [0.1, 0.15) is 0 Å². The number of nitrogens with one attached hydrogen (secondary N) is 1. The number of hydrogen-bond acceptors (Lipinski definition) is 3. The molecule has 2 aliphatic rings. The molecule has 4 N–H and O–H groups in total. The molecule has 1 aliphatic carbocycles. The van der Waals surface area contributed by atoms with E-state index in [1.54, 1.807) is 0 Å². The molecule has 4 atom stereocenters. The van der Waals surface area contributed by atoms with Crippen LogP contribution in [0.15, 0.2) is 0 Å². The van der Waals surface area contributed by atoms with Crippen molar-refractivity contribution in [3.8, 4) is 0 Å². The molecule has 1 heterocycles. The predicted octanol–water partition coefficient (Wildman–Crippen LogP) is 1.01. The first-order chi connectivity index (χ1) is 7.14. The average molecular weight is 212 g/mol. The Morgan fingerprint density at radius 3 is 2.87 bits per heavy atom. The molecule has 15 heavy (non-hydrogen) atoms. The van der Waals surface area contributed by atoms with Crippen molar-refractivity contribution in [2.45, 2.75) is 63.1 Å². The van der Waals surface area contributed by atoms with Crippen LogP contribution in [0.1, 0.15) is 45.4 Å². The van der Waals surface area contributed by atoms with E-state index in [2.05, 4.69) is 12.2 Å². The van der Waals surface area contributed by atoms with Gasteiger partial charge in [-0.1, -0.05) is 13.3 Å². The fourth-order valence-electron chi connectivity index (χ4n) is 3.19. The average Bonchev–Trinajstić information content (AvgIpc) is 2.60. The van der Waals surface area contributed by atoms with Gasteiger partial charge in [-0.15, -0.1) is 0 Å². The third-order valence-electron chi connectivity index (χ3n) is 4.30. The maximum Gasteiger partial charge on any atom is 0.0815 e. The van der Waals surface area contributed by atoms with Gasteiger partial charge in [-0.25, -0.2) is 0 Å². The molecule has 88 valence electrons. The lowest BCUT2D eigenvalue weighted by Gasteiger charge is -2.39. The summed E-state index contributed by atoms with van der Waals surface area (Å²) in [7, 11) is 0. The third-order valence-corrected chi connectivity index (χ3v) is 4.30. The summed E-state index contributed by atoms with van der Waals surface area (Å²) in [4.78, 5) is 0. The molecule has 0 spiro atoms. The highest BCUT2D eigenvalue weighted by atomic mass is 16.3. The van der Waals surface area contributed by atoms with Gasteiger partial charge in [-0.2, -0.15) is 0 Å². The van der Waals surface area contributed by atoms with Crippen molar-refractivity contribution in [1.29, 1.82) is 0 Å². The Morgan fingerprint density at radius 1 is 1.47 bits per heavy atom. The Kier molecular flexibility index (Phi) is 3.33. The Bertz CT molecular complexity index is 222. The molecule has 3 nitrogen and oxygen atoms in total. The van der Waals surface area contributed by atoms with E-state index in [4.69, 9.17) is 5.73 Å². The van der Waals surface area contributed by atoms with Crippen LogP contribution in [0.3, 0.4) is 0 Å². The monoisotopic (exact) mass is 212 g/mol. The van der Waals surface area contributed by atoms with E-state index in [-0.39, 0.29) is 12.1 Å². The van der Waals surface area contributed by atoms with Crippen LogP contribution in [-0.4, -0.2) is 29.3 Å².